The van der Waals surface area contributed by atoms with Crippen LogP contribution >= 0.6 is 0 Å². The van der Waals surface area contributed by atoms with E-state index >= 15 is 0 Å². The highest BCUT2D eigenvalue weighted by atomic mass is 32.2. The molecule has 0 unspecified atom stereocenters. The van der Waals surface area contributed by atoms with Crippen molar-refractivity contribution >= 4 is 34.2 Å². The molecule has 1 aromatic rings. The summed E-state index contributed by atoms with van der Waals surface area (Å²) < 4.78 is 33.7. The molecule has 0 saturated carbocycles. The van der Waals surface area contributed by atoms with Gasteiger partial charge in [0.1, 0.15) is 0 Å². The summed E-state index contributed by atoms with van der Waals surface area (Å²) in [6.45, 7) is 20.2. The van der Waals surface area contributed by atoms with E-state index in [1.54, 1.807) is 11.0 Å². The molecule has 2 rings (SSSR count). The summed E-state index contributed by atoms with van der Waals surface area (Å²) in [6, 6.07) is 5.53. The molecule has 0 aromatic heterocycles. The Morgan fingerprint density at radius 1 is 1.14 bits per heavy atom. The lowest BCUT2D eigenvalue weighted by Crippen LogP contribution is -2.48. The zero-order valence-corrected chi connectivity index (χ0v) is 23.3. The minimum absolute atomic E-state index is 0.167. The third kappa shape index (κ3) is 7.59. The minimum atomic E-state index is -3.73. The van der Waals surface area contributed by atoms with Crippen molar-refractivity contribution < 1.29 is 17.9 Å². The van der Waals surface area contributed by atoms with Crippen LogP contribution < -0.4 is 4.72 Å². The molecule has 0 aliphatic carbocycles. The third-order valence-electron chi connectivity index (χ3n) is 6.97. The molecule has 8 nitrogen and oxygen atoms in total. The second kappa shape index (κ2) is 13.5. The van der Waals surface area contributed by atoms with Gasteiger partial charge in [-0.3, -0.25) is 9.71 Å². The van der Waals surface area contributed by atoms with Gasteiger partial charge >= 0.3 is 6.09 Å². The number of amides is 1. The number of ether oxygens (including phenoxy) is 1. The summed E-state index contributed by atoms with van der Waals surface area (Å²) in [7, 11) is -3.73. The van der Waals surface area contributed by atoms with E-state index in [0.717, 1.165) is 36.1 Å². The van der Waals surface area contributed by atoms with E-state index in [2.05, 4.69) is 41.8 Å². The summed E-state index contributed by atoms with van der Waals surface area (Å²) in [5, 5.41) is 0. The van der Waals surface area contributed by atoms with Crippen molar-refractivity contribution in [2.45, 2.75) is 60.3 Å². The zero-order valence-electron chi connectivity index (χ0n) is 22.5. The maximum Gasteiger partial charge on any atom is 0.409 e. The average molecular weight is 519 g/mol. The summed E-state index contributed by atoms with van der Waals surface area (Å²) in [5.41, 5.74) is 3.49. The molecule has 1 fully saturated rings. The highest BCUT2D eigenvalue weighted by molar-refractivity contribution is 7.96. The van der Waals surface area contributed by atoms with Crippen LogP contribution in [0.3, 0.4) is 0 Å². The smallest absolute Gasteiger partial charge is 0.409 e. The van der Waals surface area contributed by atoms with Crippen LogP contribution in [0.2, 0.25) is 0 Å². The van der Waals surface area contributed by atoms with Crippen LogP contribution in [0.15, 0.2) is 40.4 Å². The van der Waals surface area contributed by atoms with Gasteiger partial charge in [0.15, 0.2) is 0 Å². The van der Waals surface area contributed by atoms with Crippen molar-refractivity contribution in [1.82, 2.24) is 9.80 Å². The van der Waals surface area contributed by atoms with Gasteiger partial charge in [-0.2, -0.15) is 0 Å². The van der Waals surface area contributed by atoms with Crippen molar-refractivity contribution in [3.63, 3.8) is 0 Å². The van der Waals surface area contributed by atoms with Crippen LogP contribution in [-0.4, -0.2) is 63.8 Å². The number of piperazine rings is 1. The van der Waals surface area contributed by atoms with Crippen molar-refractivity contribution in [2.75, 3.05) is 37.5 Å². The fraction of sp³-hybridized carbons (Fsp3) is 0.556. The fourth-order valence-corrected chi connectivity index (χ4v) is 5.44. The molecule has 0 radical (unpaired) electrons. The number of sulfonamides is 1. The number of hydrogen-bond donors (Lipinski definition) is 1. The van der Waals surface area contributed by atoms with E-state index in [1.807, 2.05) is 26.0 Å². The second-order valence-electron chi connectivity index (χ2n) is 9.16. The molecule has 1 amide bonds. The highest BCUT2D eigenvalue weighted by Crippen LogP contribution is 2.27. The SMILES string of the molecule is C=N/C(CC)=C(/C)S(=O)(=O)Nc1ccc(C(=C)N2CCN(C(=O)OCCC(CC)CC)CC2)cc1C. The lowest BCUT2D eigenvalue weighted by Gasteiger charge is -2.36. The Labute approximate surface area is 217 Å². The highest BCUT2D eigenvalue weighted by Gasteiger charge is 2.24. The maximum atomic E-state index is 12.8. The van der Waals surface area contributed by atoms with Crippen LogP contribution in [0.25, 0.3) is 5.70 Å². The van der Waals surface area contributed by atoms with E-state index in [0.29, 0.717) is 56.5 Å². The van der Waals surface area contributed by atoms with Gasteiger partial charge in [0.05, 0.1) is 22.9 Å². The molecule has 1 aliphatic rings. The van der Waals surface area contributed by atoms with Gasteiger partial charge in [0.25, 0.3) is 10.0 Å². The molecule has 1 aliphatic heterocycles. The summed E-state index contributed by atoms with van der Waals surface area (Å²) in [5.74, 6) is 0.599. The first-order valence-electron chi connectivity index (χ1n) is 12.7. The zero-order chi connectivity index (χ0) is 26.9. The maximum absolute atomic E-state index is 12.8. The van der Waals surface area contributed by atoms with Crippen LogP contribution in [0.5, 0.6) is 0 Å². The van der Waals surface area contributed by atoms with E-state index in [1.165, 1.54) is 6.92 Å². The Kier molecular flexibility index (Phi) is 11.0. The molecule has 1 N–H and O–H groups in total. The monoisotopic (exact) mass is 518 g/mol. The molecule has 36 heavy (non-hydrogen) atoms. The van der Waals surface area contributed by atoms with Gasteiger partial charge in [-0.1, -0.05) is 46.3 Å². The predicted octanol–water partition coefficient (Wildman–Crippen LogP) is 5.63. The lowest BCUT2D eigenvalue weighted by molar-refractivity contribution is 0.0818. The van der Waals surface area contributed by atoms with E-state index in [4.69, 9.17) is 4.74 Å². The van der Waals surface area contributed by atoms with Gasteiger partial charge in [0.2, 0.25) is 0 Å². The number of hydrogen-bond acceptors (Lipinski definition) is 6. The Morgan fingerprint density at radius 2 is 1.75 bits per heavy atom. The Bertz CT molecular complexity index is 1070. The van der Waals surface area contributed by atoms with Crippen molar-refractivity contribution in [2.24, 2.45) is 10.9 Å². The van der Waals surface area contributed by atoms with Gasteiger partial charge in [-0.05, 0) is 62.6 Å². The average Bonchev–Trinajstić information content (AvgIpc) is 2.88. The summed E-state index contributed by atoms with van der Waals surface area (Å²) >= 11 is 0. The van der Waals surface area contributed by atoms with Gasteiger partial charge in [-0.25, -0.2) is 13.2 Å². The van der Waals surface area contributed by atoms with Crippen LogP contribution in [0.4, 0.5) is 10.5 Å². The molecule has 200 valence electrons. The van der Waals surface area contributed by atoms with Crippen molar-refractivity contribution in [3.05, 3.63) is 46.5 Å². The van der Waals surface area contributed by atoms with Crippen LogP contribution in [0.1, 0.15) is 64.5 Å². The summed E-state index contributed by atoms with van der Waals surface area (Å²) in [6.07, 6.45) is 3.34. The topological polar surface area (TPSA) is 91.3 Å². The van der Waals surface area contributed by atoms with Gasteiger partial charge < -0.3 is 14.5 Å². The van der Waals surface area contributed by atoms with Crippen molar-refractivity contribution in [3.8, 4) is 0 Å². The number of carbonyl (C=O) groups excluding carboxylic acids is 1. The number of nitrogens with zero attached hydrogens (tertiary/aromatic N) is 3. The number of benzene rings is 1. The molecule has 0 atom stereocenters. The quantitative estimate of drug-likeness (QED) is 0.362. The molecule has 0 bridgehead atoms. The Morgan fingerprint density at radius 3 is 2.28 bits per heavy atom. The molecular weight excluding hydrogens is 476 g/mol. The van der Waals surface area contributed by atoms with Crippen molar-refractivity contribution in [1.29, 1.82) is 0 Å². The number of nitrogens with one attached hydrogen (secondary N) is 1. The molecule has 9 heteroatoms. The summed E-state index contributed by atoms with van der Waals surface area (Å²) in [4.78, 5) is 20.3. The van der Waals surface area contributed by atoms with E-state index in [-0.39, 0.29) is 11.0 Å². The van der Waals surface area contributed by atoms with Gasteiger partial charge in [-0.15, -0.1) is 0 Å². The largest absolute Gasteiger partial charge is 0.449 e. The number of anilines is 1. The number of allylic oxidation sites excluding steroid dienone is 2. The molecular formula is C27H42N4O4S. The fourth-order valence-electron chi connectivity index (χ4n) is 4.25. The first-order chi connectivity index (χ1) is 17.1. The molecule has 1 aromatic carbocycles. The minimum Gasteiger partial charge on any atom is -0.449 e. The first kappa shape index (κ1) is 29.4. The molecule has 1 saturated heterocycles. The van der Waals surface area contributed by atoms with Gasteiger partial charge in [0, 0.05) is 31.9 Å². The second-order valence-corrected chi connectivity index (χ2v) is 11.0. The molecule has 1 heterocycles. The number of aryl methyl sites for hydroxylation is 1. The lowest BCUT2D eigenvalue weighted by atomic mass is 10.0. The van der Waals surface area contributed by atoms with Crippen LogP contribution in [-0.2, 0) is 14.8 Å². The van der Waals surface area contributed by atoms with E-state index < -0.39 is 10.0 Å². The normalized spacial score (nSPS) is 14.9. The Hall–Kier alpha value is -2.81. The van der Waals surface area contributed by atoms with E-state index in [9.17, 15) is 13.2 Å². The predicted molar refractivity (Wildman–Crippen MR) is 148 cm³/mol. The first-order valence-corrected chi connectivity index (χ1v) is 14.2. The van der Waals surface area contributed by atoms with Crippen LogP contribution in [0, 0.1) is 12.8 Å². The number of carbonyl (C=O) groups is 1. The molecule has 0 spiro atoms. The number of rotatable bonds is 12. The third-order valence-corrected chi connectivity index (χ3v) is 8.50. The standard InChI is InChI=1S/C27H42N4O4S/c1-8-23(9-2)13-18-35-27(32)31-16-14-30(15-17-31)21(5)24-11-12-26(20(4)19-24)29-36(33,34)22(6)25(10-3)28-7/h11-12,19,23,29H,5,7-10,13-18H2,1-4,6H3/b25-22-. The number of aliphatic imine (C=N–C) groups is 1. The Balaban J connectivity index is 1.97.